The number of aromatic nitrogens is 2. The molecule has 0 atom stereocenters. The summed E-state index contributed by atoms with van der Waals surface area (Å²) < 4.78 is 11.4. The van der Waals surface area contributed by atoms with Gasteiger partial charge in [-0.05, 0) is 48.0 Å². The number of hydrogen-bond acceptors (Lipinski definition) is 1. The first kappa shape index (κ1) is 20.7. The average molecular weight is 499 g/mol. The lowest BCUT2D eigenvalue weighted by molar-refractivity contribution is 0.478. The van der Waals surface area contributed by atoms with E-state index in [2.05, 4.69) is 143 Å². The summed E-state index contributed by atoms with van der Waals surface area (Å²) in [5, 5.41) is 5.00. The highest BCUT2D eigenvalue weighted by Gasteiger charge is 2.25. The van der Waals surface area contributed by atoms with Gasteiger partial charge in [0.2, 0.25) is 0 Å². The first-order valence-corrected chi connectivity index (χ1v) is 13.3. The Bertz CT molecular complexity index is 2200. The van der Waals surface area contributed by atoms with Crippen molar-refractivity contribution in [3.05, 3.63) is 133 Å². The molecule has 0 aliphatic carbocycles. The van der Waals surface area contributed by atoms with Gasteiger partial charge in [0, 0.05) is 32.8 Å². The second-order valence-corrected chi connectivity index (χ2v) is 10.2. The topological polar surface area (TPSA) is 19.1 Å². The minimum Gasteiger partial charge on any atom is -0.452 e. The summed E-state index contributed by atoms with van der Waals surface area (Å²) in [5.41, 5.74) is 9.19. The van der Waals surface area contributed by atoms with Crippen molar-refractivity contribution in [1.29, 1.82) is 0 Å². The highest BCUT2D eigenvalue weighted by molar-refractivity contribution is 6.12. The highest BCUT2D eigenvalue weighted by Crippen LogP contribution is 2.48. The number of ether oxygens (including phenoxy) is 1. The lowest BCUT2D eigenvalue weighted by atomic mass is 10.0. The number of rotatable bonds is 2. The minimum absolute atomic E-state index is 0.892. The van der Waals surface area contributed by atoms with E-state index >= 15 is 0 Å². The van der Waals surface area contributed by atoms with Crippen LogP contribution in [0.15, 0.2) is 133 Å². The first-order valence-electron chi connectivity index (χ1n) is 13.3. The fourth-order valence-electron chi connectivity index (χ4n) is 6.46. The molecule has 0 spiro atoms. The predicted molar refractivity (Wildman–Crippen MR) is 161 cm³/mol. The molecular weight excluding hydrogens is 476 g/mol. The molecule has 1 aliphatic heterocycles. The van der Waals surface area contributed by atoms with Gasteiger partial charge in [-0.15, -0.1) is 0 Å². The summed E-state index contributed by atoms with van der Waals surface area (Å²) in [6.07, 6.45) is 0. The third kappa shape index (κ3) is 2.76. The van der Waals surface area contributed by atoms with Crippen LogP contribution in [0, 0.1) is 0 Å². The second-order valence-electron chi connectivity index (χ2n) is 10.2. The van der Waals surface area contributed by atoms with Crippen molar-refractivity contribution in [1.82, 2.24) is 9.13 Å². The number of para-hydroxylation sites is 5. The van der Waals surface area contributed by atoms with Gasteiger partial charge in [0.15, 0.2) is 11.5 Å². The van der Waals surface area contributed by atoms with E-state index in [0.29, 0.717) is 0 Å². The normalized spacial score (nSPS) is 12.3. The second kappa shape index (κ2) is 7.62. The van der Waals surface area contributed by atoms with Gasteiger partial charge in [-0.25, -0.2) is 0 Å². The van der Waals surface area contributed by atoms with E-state index in [-0.39, 0.29) is 0 Å². The molecule has 39 heavy (non-hydrogen) atoms. The van der Waals surface area contributed by atoms with Gasteiger partial charge in [0.25, 0.3) is 0 Å². The number of benzene rings is 6. The standard InChI is InChI=1S/C36H22N2O/c1-4-14-30-26(9-1)27-10-2-5-15-31(27)37(30)24-21-19-23(20-22-24)25-12-7-17-33-36(25)39-34-18-8-13-29-28-11-3-6-16-32(28)38(33)35(29)34/h1-22H. The molecule has 0 saturated heterocycles. The first-order chi connectivity index (χ1) is 19.4. The average Bonchev–Trinajstić information content (AvgIpc) is 3.52. The molecule has 0 amide bonds. The molecule has 0 fully saturated rings. The Morgan fingerprint density at radius 2 is 1.00 bits per heavy atom. The largest absolute Gasteiger partial charge is 0.452 e. The molecule has 3 heterocycles. The summed E-state index contributed by atoms with van der Waals surface area (Å²) in [6, 6.07) is 47.5. The van der Waals surface area contributed by atoms with Crippen LogP contribution in [0.25, 0.3) is 66.1 Å². The Morgan fingerprint density at radius 1 is 0.436 bits per heavy atom. The zero-order chi connectivity index (χ0) is 25.5. The summed E-state index contributed by atoms with van der Waals surface area (Å²) in [5.74, 6) is 1.79. The van der Waals surface area contributed by atoms with Crippen molar-refractivity contribution in [3.8, 4) is 34.0 Å². The lowest BCUT2D eigenvalue weighted by Gasteiger charge is -2.23. The van der Waals surface area contributed by atoms with Gasteiger partial charge in [0.1, 0.15) is 0 Å². The molecule has 3 heteroatoms. The third-order valence-electron chi connectivity index (χ3n) is 8.12. The van der Waals surface area contributed by atoms with Gasteiger partial charge in [-0.2, -0.15) is 0 Å². The monoisotopic (exact) mass is 498 g/mol. The smallest absolute Gasteiger partial charge is 0.159 e. The molecule has 0 unspecified atom stereocenters. The van der Waals surface area contributed by atoms with E-state index in [0.717, 1.165) is 39.5 Å². The van der Waals surface area contributed by atoms with Crippen LogP contribution < -0.4 is 4.74 Å². The molecule has 0 N–H and O–H groups in total. The van der Waals surface area contributed by atoms with Crippen LogP contribution in [-0.2, 0) is 0 Å². The summed E-state index contributed by atoms with van der Waals surface area (Å²) in [6.45, 7) is 0. The fourth-order valence-corrected chi connectivity index (χ4v) is 6.46. The summed E-state index contributed by atoms with van der Waals surface area (Å²) >= 11 is 0. The predicted octanol–water partition coefficient (Wildman–Crippen LogP) is 9.65. The van der Waals surface area contributed by atoms with Crippen LogP contribution in [0.5, 0.6) is 11.5 Å². The maximum atomic E-state index is 6.66. The van der Waals surface area contributed by atoms with E-state index in [1.807, 2.05) is 0 Å². The molecule has 0 saturated carbocycles. The van der Waals surface area contributed by atoms with Crippen molar-refractivity contribution >= 4 is 43.6 Å². The lowest BCUT2D eigenvalue weighted by Crippen LogP contribution is -2.05. The molecule has 8 aromatic rings. The fraction of sp³-hybridized carbons (Fsp3) is 0. The van der Waals surface area contributed by atoms with Crippen molar-refractivity contribution in [3.63, 3.8) is 0 Å². The van der Waals surface area contributed by atoms with Crippen molar-refractivity contribution < 1.29 is 4.74 Å². The third-order valence-corrected chi connectivity index (χ3v) is 8.12. The van der Waals surface area contributed by atoms with Gasteiger partial charge in [-0.1, -0.05) is 91.0 Å². The Balaban J connectivity index is 1.23. The number of fused-ring (bicyclic) bond motifs is 8. The molecular formula is C36H22N2O. The Morgan fingerprint density at radius 3 is 1.69 bits per heavy atom. The Labute approximate surface area is 224 Å². The van der Waals surface area contributed by atoms with E-state index in [9.17, 15) is 0 Å². The molecule has 6 aromatic carbocycles. The van der Waals surface area contributed by atoms with Crippen LogP contribution in [0.4, 0.5) is 0 Å². The Kier molecular flexibility index (Phi) is 4.05. The number of nitrogens with zero attached hydrogens (tertiary/aromatic N) is 2. The molecule has 0 bridgehead atoms. The quantitative estimate of drug-likeness (QED) is 0.232. The molecule has 182 valence electrons. The minimum atomic E-state index is 0.892. The maximum Gasteiger partial charge on any atom is 0.159 e. The SMILES string of the molecule is c1cc(-c2ccc(-n3c4ccccc4c4ccccc43)cc2)c2c(c1)-n1c3ccccc3c3cccc(c31)O2. The van der Waals surface area contributed by atoms with Gasteiger partial charge >= 0.3 is 0 Å². The van der Waals surface area contributed by atoms with Crippen LogP contribution in [0.1, 0.15) is 0 Å². The van der Waals surface area contributed by atoms with Gasteiger partial charge in [0.05, 0.1) is 27.8 Å². The Hall–Kier alpha value is -5.28. The summed E-state index contributed by atoms with van der Waals surface area (Å²) in [4.78, 5) is 0. The maximum absolute atomic E-state index is 6.66. The van der Waals surface area contributed by atoms with Crippen molar-refractivity contribution in [2.45, 2.75) is 0 Å². The molecule has 0 radical (unpaired) electrons. The van der Waals surface area contributed by atoms with E-state index < -0.39 is 0 Å². The van der Waals surface area contributed by atoms with E-state index in [4.69, 9.17) is 4.74 Å². The van der Waals surface area contributed by atoms with Crippen LogP contribution in [0.3, 0.4) is 0 Å². The van der Waals surface area contributed by atoms with E-state index in [1.165, 1.54) is 38.1 Å². The van der Waals surface area contributed by atoms with Crippen LogP contribution >= 0.6 is 0 Å². The molecule has 9 rings (SSSR count). The summed E-state index contributed by atoms with van der Waals surface area (Å²) in [7, 11) is 0. The van der Waals surface area contributed by atoms with Crippen LogP contribution in [-0.4, -0.2) is 9.13 Å². The number of hydrogen-bond donors (Lipinski definition) is 0. The zero-order valence-corrected chi connectivity index (χ0v) is 21.0. The van der Waals surface area contributed by atoms with E-state index in [1.54, 1.807) is 0 Å². The van der Waals surface area contributed by atoms with Gasteiger partial charge < -0.3 is 13.9 Å². The molecule has 2 aromatic heterocycles. The highest BCUT2D eigenvalue weighted by atomic mass is 16.5. The van der Waals surface area contributed by atoms with Crippen molar-refractivity contribution in [2.75, 3.05) is 0 Å². The zero-order valence-electron chi connectivity index (χ0n) is 21.0. The van der Waals surface area contributed by atoms with Crippen molar-refractivity contribution in [2.24, 2.45) is 0 Å². The van der Waals surface area contributed by atoms with Gasteiger partial charge in [-0.3, -0.25) is 0 Å². The molecule has 3 nitrogen and oxygen atoms in total. The van der Waals surface area contributed by atoms with Crippen LogP contribution in [0.2, 0.25) is 0 Å². The molecule has 1 aliphatic rings.